The van der Waals surface area contributed by atoms with Crippen molar-refractivity contribution in [3.8, 4) is 10.6 Å². The van der Waals surface area contributed by atoms with Crippen molar-refractivity contribution < 1.29 is 4.79 Å². The van der Waals surface area contributed by atoms with Crippen molar-refractivity contribution in [1.82, 2.24) is 9.97 Å². The first-order valence-electron chi connectivity index (χ1n) is 7.62. The van der Waals surface area contributed by atoms with Crippen molar-refractivity contribution in [3.05, 3.63) is 40.5 Å². The summed E-state index contributed by atoms with van der Waals surface area (Å²) in [4.78, 5) is 22.0. The van der Waals surface area contributed by atoms with Gasteiger partial charge in [-0.25, -0.2) is 9.97 Å². The van der Waals surface area contributed by atoms with E-state index >= 15 is 0 Å². The number of benzene rings is 1. The molecule has 5 heteroatoms. The second-order valence-corrected chi connectivity index (χ2v) is 6.50. The first-order chi connectivity index (χ1) is 11.0. The highest BCUT2D eigenvalue weighted by molar-refractivity contribution is 7.13. The summed E-state index contributed by atoms with van der Waals surface area (Å²) in [6.07, 6.45) is 0.458. The van der Waals surface area contributed by atoms with E-state index in [1.54, 1.807) is 11.3 Å². The van der Waals surface area contributed by atoms with E-state index in [2.05, 4.69) is 23.3 Å². The molecule has 3 rings (SSSR count). The van der Waals surface area contributed by atoms with Crippen LogP contribution in [0.5, 0.6) is 0 Å². The summed E-state index contributed by atoms with van der Waals surface area (Å²) >= 11 is 1.60. The number of nitrogens with zero attached hydrogens (tertiary/aromatic N) is 2. The van der Waals surface area contributed by atoms with Crippen molar-refractivity contribution in [2.24, 2.45) is 0 Å². The van der Waals surface area contributed by atoms with Gasteiger partial charge in [-0.3, -0.25) is 4.79 Å². The van der Waals surface area contributed by atoms with Gasteiger partial charge in [-0.1, -0.05) is 13.0 Å². The maximum absolute atomic E-state index is 11.8. The van der Waals surface area contributed by atoms with E-state index in [0.29, 0.717) is 6.42 Å². The predicted molar refractivity (Wildman–Crippen MR) is 96.0 cm³/mol. The van der Waals surface area contributed by atoms with Crippen LogP contribution in [0.15, 0.2) is 23.7 Å². The minimum Gasteiger partial charge on any atom is -0.325 e. The quantitative estimate of drug-likeness (QED) is 0.763. The molecule has 0 saturated carbocycles. The molecule has 2 aromatic heterocycles. The van der Waals surface area contributed by atoms with Crippen LogP contribution in [0.3, 0.4) is 0 Å². The van der Waals surface area contributed by atoms with Crippen LogP contribution in [-0.2, 0) is 4.79 Å². The Morgan fingerprint density at radius 2 is 2.00 bits per heavy atom. The van der Waals surface area contributed by atoms with Crippen LogP contribution < -0.4 is 5.32 Å². The average Bonchev–Trinajstić information content (AvgIpc) is 2.96. The second-order valence-electron chi connectivity index (χ2n) is 5.65. The van der Waals surface area contributed by atoms with E-state index in [0.717, 1.165) is 44.0 Å². The van der Waals surface area contributed by atoms with Gasteiger partial charge in [-0.05, 0) is 44.0 Å². The van der Waals surface area contributed by atoms with Gasteiger partial charge in [0, 0.05) is 11.8 Å². The normalized spacial score (nSPS) is 11.0. The summed E-state index contributed by atoms with van der Waals surface area (Å²) in [5.41, 5.74) is 7.74. The number of carbonyl (C=O) groups is 1. The summed E-state index contributed by atoms with van der Waals surface area (Å²) < 4.78 is 0. The number of rotatable bonds is 3. The van der Waals surface area contributed by atoms with Crippen LogP contribution in [0.1, 0.15) is 30.2 Å². The molecule has 4 nitrogen and oxygen atoms in total. The van der Waals surface area contributed by atoms with Gasteiger partial charge in [0.15, 0.2) is 0 Å². The van der Waals surface area contributed by atoms with Crippen LogP contribution in [0, 0.1) is 20.8 Å². The van der Waals surface area contributed by atoms with E-state index in [9.17, 15) is 4.79 Å². The summed E-state index contributed by atoms with van der Waals surface area (Å²) in [7, 11) is 0. The molecule has 1 amide bonds. The summed E-state index contributed by atoms with van der Waals surface area (Å²) in [5.74, 6) is 0.0110. The van der Waals surface area contributed by atoms with Crippen molar-refractivity contribution >= 4 is 33.8 Å². The molecule has 0 bridgehead atoms. The number of amides is 1. The van der Waals surface area contributed by atoms with Crippen LogP contribution in [0.25, 0.3) is 21.5 Å². The van der Waals surface area contributed by atoms with E-state index in [-0.39, 0.29) is 5.91 Å². The molecule has 0 atom stereocenters. The third kappa shape index (κ3) is 2.84. The monoisotopic (exact) mass is 325 g/mol. The average molecular weight is 325 g/mol. The highest BCUT2D eigenvalue weighted by Gasteiger charge is 2.14. The van der Waals surface area contributed by atoms with Crippen molar-refractivity contribution in [3.63, 3.8) is 0 Å². The highest BCUT2D eigenvalue weighted by Crippen LogP contribution is 2.33. The van der Waals surface area contributed by atoms with Crippen molar-refractivity contribution in [1.29, 1.82) is 0 Å². The van der Waals surface area contributed by atoms with Gasteiger partial charge in [0.2, 0.25) is 5.91 Å². The molecule has 118 valence electrons. The number of carbonyl (C=O) groups excluding carboxylic acids is 1. The fourth-order valence-electron chi connectivity index (χ4n) is 2.68. The van der Waals surface area contributed by atoms with Crippen molar-refractivity contribution in [2.45, 2.75) is 34.1 Å². The number of aryl methyl sites for hydroxylation is 3. The standard InChI is InChI=1S/C18H19N3OS/c1-5-15(22)20-13-7-6-10(2)17-16(13)11(3)8-14(21-17)18-12(4)19-9-23-18/h6-9H,5H2,1-4H3,(H,20,22). The van der Waals surface area contributed by atoms with Gasteiger partial charge in [0.05, 0.1) is 33.0 Å². The van der Waals surface area contributed by atoms with Gasteiger partial charge in [-0.15, -0.1) is 11.3 Å². The molecule has 0 saturated heterocycles. The lowest BCUT2D eigenvalue weighted by Gasteiger charge is -2.13. The fraction of sp³-hybridized carbons (Fsp3) is 0.278. The van der Waals surface area contributed by atoms with Gasteiger partial charge in [0.25, 0.3) is 0 Å². The Morgan fingerprint density at radius 3 is 2.65 bits per heavy atom. The minimum atomic E-state index is 0.0110. The summed E-state index contributed by atoms with van der Waals surface area (Å²) in [6, 6.07) is 6.03. The molecular weight excluding hydrogens is 306 g/mol. The molecule has 1 aromatic carbocycles. The van der Waals surface area contributed by atoms with Gasteiger partial charge >= 0.3 is 0 Å². The van der Waals surface area contributed by atoms with E-state index in [1.807, 2.05) is 38.4 Å². The number of hydrogen-bond acceptors (Lipinski definition) is 4. The van der Waals surface area contributed by atoms with E-state index < -0.39 is 0 Å². The number of anilines is 1. The Hall–Kier alpha value is -2.27. The second kappa shape index (κ2) is 6.08. The van der Waals surface area contributed by atoms with Crippen LogP contribution in [0.2, 0.25) is 0 Å². The number of fused-ring (bicyclic) bond motifs is 1. The number of thiazole rings is 1. The molecule has 0 aliphatic heterocycles. The Bertz CT molecular complexity index is 899. The Balaban J connectivity index is 2.23. The lowest BCUT2D eigenvalue weighted by molar-refractivity contribution is -0.115. The van der Waals surface area contributed by atoms with Gasteiger partial charge in [-0.2, -0.15) is 0 Å². The van der Waals surface area contributed by atoms with Gasteiger partial charge < -0.3 is 5.32 Å². The van der Waals surface area contributed by atoms with Crippen LogP contribution >= 0.6 is 11.3 Å². The zero-order chi connectivity index (χ0) is 16.6. The lowest BCUT2D eigenvalue weighted by atomic mass is 10.0. The van der Waals surface area contributed by atoms with Crippen LogP contribution in [0.4, 0.5) is 5.69 Å². The molecule has 3 aromatic rings. The molecule has 23 heavy (non-hydrogen) atoms. The number of pyridine rings is 1. The van der Waals surface area contributed by atoms with E-state index in [4.69, 9.17) is 4.98 Å². The maximum Gasteiger partial charge on any atom is 0.224 e. The molecule has 0 unspecified atom stereocenters. The highest BCUT2D eigenvalue weighted by atomic mass is 32.1. The Labute approximate surface area is 139 Å². The molecule has 0 fully saturated rings. The topological polar surface area (TPSA) is 54.9 Å². The molecule has 0 aliphatic rings. The number of aromatic nitrogens is 2. The minimum absolute atomic E-state index is 0.0110. The first kappa shape index (κ1) is 15.6. The molecule has 2 heterocycles. The molecular formula is C18H19N3OS. The van der Waals surface area contributed by atoms with Crippen LogP contribution in [-0.4, -0.2) is 15.9 Å². The molecule has 0 spiro atoms. The SMILES string of the molecule is CCC(=O)Nc1ccc(C)c2nc(-c3scnc3C)cc(C)c12. The lowest BCUT2D eigenvalue weighted by Crippen LogP contribution is -2.10. The zero-order valence-corrected chi connectivity index (χ0v) is 14.5. The predicted octanol–water partition coefficient (Wildman–Crippen LogP) is 4.63. The molecule has 1 N–H and O–H groups in total. The number of nitrogens with one attached hydrogen (secondary N) is 1. The van der Waals surface area contributed by atoms with Crippen molar-refractivity contribution in [2.75, 3.05) is 5.32 Å². The third-order valence-electron chi connectivity index (χ3n) is 3.93. The summed E-state index contributed by atoms with van der Waals surface area (Å²) in [5, 5.41) is 3.99. The first-order valence-corrected chi connectivity index (χ1v) is 8.50. The summed E-state index contributed by atoms with van der Waals surface area (Å²) in [6.45, 7) is 7.95. The van der Waals surface area contributed by atoms with Gasteiger partial charge in [0.1, 0.15) is 0 Å². The zero-order valence-electron chi connectivity index (χ0n) is 13.7. The largest absolute Gasteiger partial charge is 0.325 e. The fourth-order valence-corrected chi connectivity index (χ4v) is 3.44. The smallest absolute Gasteiger partial charge is 0.224 e. The maximum atomic E-state index is 11.8. The molecule has 0 aliphatic carbocycles. The number of hydrogen-bond donors (Lipinski definition) is 1. The molecule has 0 radical (unpaired) electrons. The Kier molecular flexibility index (Phi) is 4.13. The van der Waals surface area contributed by atoms with E-state index in [1.165, 1.54) is 0 Å². The Morgan fingerprint density at radius 1 is 1.22 bits per heavy atom. The third-order valence-corrected chi connectivity index (χ3v) is 4.88.